The summed E-state index contributed by atoms with van der Waals surface area (Å²) >= 11 is 0. The van der Waals surface area contributed by atoms with Crippen LogP contribution in [0.25, 0.3) is 0 Å². The normalized spacial score (nSPS) is 11.4. The Balaban J connectivity index is 2.52. The van der Waals surface area contributed by atoms with Gasteiger partial charge < -0.3 is 9.47 Å². The van der Waals surface area contributed by atoms with Gasteiger partial charge in [-0.05, 0) is 20.8 Å². The Hall–Kier alpha value is -1.16. The fourth-order valence-corrected chi connectivity index (χ4v) is 0.823. The number of hydrogen-bond acceptors (Lipinski definition) is 4. The number of ether oxygens (including phenoxy) is 2. The SMILES string of the molecule is COc1ncc(COC(C)(C)C)cn1. The van der Waals surface area contributed by atoms with Crippen LogP contribution in [0.5, 0.6) is 6.01 Å². The highest BCUT2D eigenvalue weighted by Crippen LogP contribution is 2.11. The summed E-state index contributed by atoms with van der Waals surface area (Å²) in [5.41, 5.74) is 0.806. The second kappa shape index (κ2) is 4.37. The molecular formula is C10H16N2O2. The van der Waals surface area contributed by atoms with E-state index in [-0.39, 0.29) is 5.60 Å². The van der Waals surface area contributed by atoms with E-state index < -0.39 is 0 Å². The van der Waals surface area contributed by atoms with Crippen LogP contribution in [0.1, 0.15) is 26.3 Å². The fraction of sp³-hybridized carbons (Fsp3) is 0.600. The Kier molecular flexibility index (Phi) is 3.41. The quantitative estimate of drug-likeness (QED) is 0.739. The summed E-state index contributed by atoms with van der Waals surface area (Å²) < 4.78 is 10.4. The molecule has 0 spiro atoms. The average Bonchev–Trinajstić information content (AvgIpc) is 2.14. The minimum atomic E-state index is -0.139. The lowest BCUT2D eigenvalue weighted by Crippen LogP contribution is -2.18. The van der Waals surface area contributed by atoms with Gasteiger partial charge in [-0.2, -0.15) is 0 Å². The van der Waals surface area contributed by atoms with Crippen LogP contribution in [0.2, 0.25) is 0 Å². The molecule has 1 heterocycles. The van der Waals surface area contributed by atoms with Gasteiger partial charge in [0.15, 0.2) is 0 Å². The van der Waals surface area contributed by atoms with E-state index in [1.807, 2.05) is 20.8 Å². The van der Waals surface area contributed by atoms with E-state index in [0.717, 1.165) is 5.56 Å². The van der Waals surface area contributed by atoms with Gasteiger partial charge in [0.05, 0.1) is 19.3 Å². The van der Waals surface area contributed by atoms with Gasteiger partial charge >= 0.3 is 6.01 Å². The first-order chi connectivity index (χ1) is 6.51. The molecule has 1 aromatic heterocycles. The summed E-state index contributed by atoms with van der Waals surface area (Å²) in [5.74, 6) is 0. The third kappa shape index (κ3) is 3.70. The van der Waals surface area contributed by atoms with Gasteiger partial charge in [-0.1, -0.05) is 0 Å². The summed E-state index contributed by atoms with van der Waals surface area (Å²) in [6.07, 6.45) is 3.41. The molecule has 0 unspecified atom stereocenters. The first-order valence-electron chi connectivity index (χ1n) is 4.50. The van der Waals surface area contributed by atoms with Gasteiger partial charge in [0.2, 0.25) is 0 Å². The lowest BCUT2D eigenvalue weighted by atomic mass is 10.2. The van der Waals surface area contributed by atoms with E-state index in [2.05, 4.69) is 9.97 Å². The molecule has 78 valence electrons. The van der Waals surface area contributed by atoms with Crippen molar-refractivity contribution < 1.29 is 9.47 Å². The van der Waals surface area contributed by atoms with Crippen molar-refractivity contribution in [3.8, 4) is 6.01 Å². The van der Waals surface area contributed by atoms with Crippen molar-refractivity contribution in [1.82, 2.24) is 9.97 Å². The molecule has 0 amide bonds. The summed E-state index contributed by atoms with van der Waals surface area (Å²) in [6, 6.07) is 0.379. The molecule has 0 aromatic carbocycles. The van der Waals surface area contributed by atoms with E-state index in [1.165, 1.54) is 0 Å². The lowest BCUT2D eigenvalue weighted by Gasteiger charge is -2.19. The van der Waals surface area contributed by atoms with Gasteiger partial charge in [0.1, 0.15) is 0 Å². The monoisotopic (exact) mass is 196 g/mol. The molecule has 0 N–H and O–H groups in total. The Morgan fingerprint density at radius 2 is 1.79 bits per heavy atom. The van der Waals surface area contributed by atoms with E-state index in [1.54, 1.807) is 19.5 Å². The van der Waals surface area contributed by atoms with Crippen LogP contribution in [0.4, 0.5) is 0 Å². The molecule has 4 nitrogen and oxygen atoms in total. The molecule has 14 heavy (non-hydrogen) atoms. The molecule has 0 saturated heterocycles. The Labute approximate surface area is 84.3 Å². The van der Waals surface area contributed by atoms with Crippen LogP contribution in [0.3, 0.4) is 0 Å². The Bertz CT molecular complexity index is 277. The van der Waals surface area contributed by atoms with E-state index >= 15 is 0 Å². The maximum absolute atomic E-state index is 5.57. The van der Waals surface area contributed by atoms with Gasteiger partial charge in [0, 0.05) is 18.0 Å². The number of hydrogen-bond donors (Lipinski definition) is 0. The minimum Gasteiger partial charge on any atom is -0.467 e. The van der Waals surface area contributed by atoms with Crippen molar-refractivity contribution in [3.63, 3.8) is 0 Å². The smallest absolute Gasteiger partial charge is 0.316 e. The molecule has 1 rings (SSSR count). The minimum absolute atomic E-state index is 0.139. The third-order valence-electron chi connectivity index (χ3n) is 1.54. The first-order valence-corrected chi connectivity index (χ1v) is 4.50. The maximum Gasteiger partial charge on any atom is 0.316 e. The fourth-order valence-electron chi connectivity index (χ4n) is 0.823. The lowest BCUT2D eigenvalue weighted by molar-refractivity contribution is -0.0152. The molecule has 0 saturated carbocycles. The number of nitrogens with zero attached hydrogens (tertiary/aromatic N) is 2. The molecule has 0 bridgehead atoms. The van der Waals surface area contributed by atoms with Crippen molar-refractivity contribution in [3.05, 3.63) is 18.0 Å². The summed E-state index contributed by atoms with van der Waals surface area (Å²) in [6.45, 7) is 6.56. The van der Waals surface area contributed by atoms with Crippen molar-refractivity contribution in [1.29, 1.82) is 0 Å². The van der Waals surface area contributed by atoms with Crippen molar-refractivity contribution in [2.45, 2.75) is 33.0 Å². The molecular weight excluding hydrogens is 180 g/mol. The van der Waals surface area contributed by atoms with Crippen LogP contribution in [-0.4, -0.2) is 22.7 Å². The highest BCUT2D eigenvalue weighted by atomic mass is 16.5. The zero-order chi connectivity index (χ0) is 10.6. The van der Waals surface area contributed by atoms with E-state index in [4.69, 9.17) is 9.47 Å². The van der Waals surface area contributed by atoms with E-state index in [9.17, 15) is 0 Å². The second-order valence-electron chi connectivity index (χ2n) is 3.98. The number of aromatic nitrogens is 2. The highest BCUT2D eigenvalue weighted by Gasteiger charge is 2.10. The Morgan fingerprint density at radius 1 is 1.21 bits per heavy atom. The maximum atomic E-state index is 5.57. The van der Waals surface area contributed by atoms with Crippen LogP contribution in [-0.2, 0) is 11.3 Å². The zero-order valence-corrected chi connectivity index (χ0v) is 9.07. The van der Waals surface area contributed by atoms with Crippen LogP contribution in [0, 0.1) is 0 Å². The summed E-state index contributed by atoms with van der Waals surface area (Å²) in [7, 11) is 1.54. The molecule has 0 aliphatic carbocycles. The van der Waals surface area contributed by atoms with E-state index in [0.29, 0.717) is 12.6 Å². The van der Waals surface area contributed by atoms with Crippen molar-refractivity contribution in [2.24, 2.45) is 0 Å². The molecule has 0 fully saturated rings. The predicted molar refractivity (Wildman–Crippen MR) is 53.1 cm³/mol. The molecule has 4 heteroatoms. The number of methoxy groups -OCH3 is 1. The van der Waals surface area contributed by atoms with Crippen LogP contribution in [0.15, 0.2) is 12.4 Å². The zero-order valence-electron chi connectivity index (χ0n) is 9.07. The van der Waals surface area contributed by atoms with Gasteiger partial charge in [0.25, 0.3) is 0 Å². The van der Waals surface area contributed by atoms with Gasteiger partial charge in [-0.3, -0.25) is 0 Å². The third-order valence-corrected chi connectivity index (χ3v) is 1.54. The predicted octanol–water partition coefficient (Wildman–Crippen LogP) is 1.80. The molecule has 0 atom stereocenters. The van der Waals surface area contributed by atoms with Crippen molar-refractivity contribution in [2.75, 3.05) is 7.11 Å². The van der Waals surface area contributed by atoms with Gasteiger partial charge in [-0.25, -0.2) is 9.97 Å². The van der Waals surface area contributed by atoms with Crippen molar-refractivity contribution >= 4 is 0 Å². The van der Waals surface area contributed by atoms with Gasteiger partial charge in [-0.15, -0.1) is 0 Å². The molecule has 0 radical (unpaired) electrons. The largest absolute Gasteiger partial charge is 0.467 e. The highest BCUT2D eigenvalue weighted by molar-refractivity contribution is 5.06. The molecule has 0 aliphatic rings. The standard InChI is InChI=1S/C10H16N2O2/c1-10(2,3)14-7-8-5-11-9(13-4)12-6-8/h5-6H,7H2,1-4H3. The molecule has 0 aliphatic heterocycles. The molecule has 1 aromatic rings. The summed E-state index contributed by atoms with van der Waals surface area (Å²) in [5, 5.41) is 0. The summed E-state index contributed by atoms with van der Waals surface area (Å²) in [4.78, 5) is 7.97. The second-order valence-corrected chi connectivity index (χ2v) is 3.98. The Morgan fingerprint density at radius 3 is 2.21 bits per heavy atom. The van der Waals surface area contributed by atoms with Crippen LogP contribution >= 0.6 is 0 Å². The number of rotatable bonds is 3. The topological polar surface area (TPSA) is 44.2 Å². The first kappa shape index (κ1) is 10.9. The van der Waals surface area contributed by atoms with Crippen LogP contribution < -0.4 is 4.74 Å². The average molecular weight is 196 g/mol.